The summed E-state index contributed by atoms with van der Waals surface area (Å²) in [5.74, 6) is 0.318. The molecule has 142 valence electrons. The molecule has 1 atom stereocenters. The zero-order valence-corrected chi connectivity index (χ0v) is 15.3. The molecule has 0 saturated heterocycles. The molecule has 0 saturated carbocycles. The normalized spacial score (nSPS) is 15.6. The SMILES string of the molecule is CCOC(=O)C1=C(N)Oc2cc(O)ccc2C1c1ccc(OC)c(OC)c1. The van der Waals surface area contributed by atoms with Crippen molar-refractivity contribution in [2.24, 2.45) is 5.73 Å². The Kier molecular flexibility index (Phi) is 5.12. The highest BCUT2D eigenvalue weighted by atomic mass is 16.5. The van der Waals surface area contributed by atoms with Crippen molar-refractivity contribution < 1.29 is 28.8 Å². The zero-order valence-electron chi connectivity index (χ0n) is 15.3. The van der Waals surface area contributed by atoms with Crippen LogP contribution in [0.2, 0.25) is 0 Å². The van der Waals surface area contributed by atoms with Crippen LogP contribution in [0.4, 0.5) is 0 Å². The number of hydrogen-bond donors (Lipinski definition) is 2. The minimum atomic E-state index is -0.562. The Morgan fingerprint density at radius 3 is 2.56 bits per heavy atom. The van der Waals surface area contributed by atoms with Crippen LogP contribution in [0.25, 0.3) is 0 Å². The van der Waals surface area contributed by atoms with E-state index in [2.05, 4.69) is 0 Å². The molecule has 2 aromatic carbocycles. The highest BCUT2D eigenvalue weighted by molar-refractivity contribution is 5.92. The first-order valence-electron chi connectivity index (χ1n) is 8.39. The van der Waals surface area contributed by atoms with Crippen molar-refractivity contribution in [3.63, 3.8) is 0 Å². The van der Waals surface area contributed by atoms with E-state index in [4.69, 9.17) is 24.7 Å². The van der Waals surface area contributed by atoms with E-state index in [0.717, 1.165) is 5.56 Å². The van der Waals surface area contributed by atoms with Crippen molar-refractivity contribution in [2.45, 2.75) is 12.8 Å². The summed E-state index contributed by atoms with van der Waals surface area (Å²) < 4.78 is 21.4. The quantitative estimate of drug-likeness (QED) is 0.779. The van der Waals surface area contributed by atoms with Crippen LogP contribution >= 0.6 is 0 Å². The van der Waals surface area contributed by atoms with Crippen LogP contribution < -0.4 is 19.9 Å². The van der Waals surface area contributed by atoms with Crippen LogP contribution in [0.15, 0.2) is 47.9 Å². The molecule has 2 aromatic rings. The molecule has 0 fully saturated rings. The van der Waals surface area contributed by atoms with E-state index in [1.807, 2.05) is 6.07 Å². The highest BCUT2D eigenvalue weighted by Gasteiger charge is 2.36. The van der Waals surface area contributed by atoms with E-state index < -0.39 is 11.9 Å². The first kappa shape index (κ1) is 18.4. The molecule has 7 nitrogen and oxygen atoms in total. The van der Waals surface area contributed by atoms with Gasteiger partial charge >= 0.3 is 5.97 Å². The van der Waals surface area contributed by atoms with Crippen LogP contribution in [0.1, 0.15) is 24.0 Å². The van der Waals surface area contributed by atoms with Crippen LogP contribution in [0.5, 0.6) is 23.0 Å². The summed E-state index contributed by atoms with van der Waals surface area (Å²) in [7, 11) is 3.08. The third-order valence-electron chi connectivity index (χ3n) is 4.32. The Morgan fingerprint density at radius 2 is 1.89 bits per heavy atom. The number of nitrogens with two attached hydrogens (primary N) is 1. The summed E-state index contributed by atoms with van der Waals surface area (Å²) >= 11 is 0. The van der Waals surface area contributed by atoms with Gasteiger partial charge in [0, 0.05) is 11.6 Å². The fourth-order valence-corrected chi connectivity index (χ4v) is 3.13. The average Bonchev–Trinajstić information content (AvgIpc) is 2.66. The van der Waals surface area contributed by atoms with Crippen molar-refractivity contribution in [1.82, 2.24) is 0 Å². The summed E-state index contributed by atoms with van der Waals surface area (Å²) in [5, 5.41) is 9.78. The number of ether oxygens (including phenoxy) is 4. The van der Waals surface area contributed by atoms with Gasteiger partial charge in [0.25, 0.3) is 0 Å². The van der Waals surface area contributed by atoms with Crippen LogP contribution in [-0.4, -0.2) is 31.9 Å². The lowest BCUT2D eigenvalue weighted by atomic mass is 9.83. The predicted octanol–water partition coefficient (Wildman–Crippen LogP) is 2.67. The molecular formula is C20H21NO6. The van der Waals surface area contributed by atoms with E-state index in [1.165, 1.54) is 19.2 Å². The van der Waals surface area contributed by atoms with Gasteiger partial charge < -0.3 is 29.8 Å². The Labute approximate surface area is 156 Å². The minimum absolute atomic E-state index is 0.0344. The zero-order chi connectivity index (χ0) is 19.6. The summed E-state index contributed by atoms with van der Waals surface area (Å²) in [5.41, 5.74) is 7.67. The lowest BCUT2D eigenvalue weighted by Crippen LogP contribution is -2.27. The molecule has 1 unspecified atom stereocenters. The van der Waals surface area contributed by atoms with Crippen molar-refractivity contribution in [3.8, 4) is 23.0 Å². The number of rotatable bonds is 5. The summed E-state index contributed by atoms with van der Waals surface area (Å²) in [6, 6.07) is 10.0. The predicted molar refractivity (Wildman–Crippen MR) is 98.0 cm³/mol. The summed E-state index contributed by atoms with van der Waals surface area (Å²) in [4.78, 5) is 12.6. The number of phenolic OH excluding ortho intramolecular Hbond substituents is 1. The minimum Gasteiger partial charge on any atom is -0.508 e. The summed E-state index contributed by atoms with van der Waals surface area (Å²) in [6.45, 7) is 1.92. The number of hydrogen-bond acceptors (Lipinski definition) is 7. The van der Waals surface area contributed by atoms with Crippen molar-refractivity contribution in [2.75, 3.05) is 20.8 Å². The highest BCUT2D eigenvalue weighted by Crippen LogP contribution is 2.45. The topological polar surface area (TPSA) is 100 Å². The fraction of sp³-hybridized carbons (Fsp3) is 0.250. The van der Waals surface area contributed by atoms with Crippen LogP contribution in [-0.2, 0) is 9.53 Å². The molecule has 27 heavy (non-hydrogen) atoms. The van der Waals surface area contributed by atoms with E-state index in [1.54, 1.807) is 32.2 Å². The van der Waals surface area contributed by atoms with Crippen LogP contribution in [0, 0.1) is 0 Å². The third kappa shape index (κ3) is 3.36. The Balaban J connectivity index is 2.20. The second-order valence-electron chi connectivity index (χ2n) is 5.87. The Morgan fingerprint density at radius 1 is 1.15 bits per heavy atom. The van der Waals surface area contributed by atoms with Gasteiger partial charge in [-0.2, -0.15) is 0 Å². The molecule has 1 aliphatic rings. The Bertz CT molecular complexity index is 905. The van der Waals surface area contributed by atoms with Gasteiger partial charge in [0.15, 0.2) is 11.5 Å². The van der Waals surface area contributed by atoms with Gasteiger partial charge in [-0.25, -0.2) is 4.79 Å². The Hall–Kier alpha value is -3.35. The van der Waals surface area contributed by atoms with E-state index in [9.17, 15) is 9.90 Å². The van der Waals surface area contributed by atoms with Gasteiger partial charge in [-0.15, -0.1) is 0 Å². The number of phenols is 1. The monoisotopic (exact) mass is 371 g/mol. The van der Waals surface area contributed by atoms with E-state index in [-0.39, 0.29) is 23.8 Å². The smallest absolute Gasteiger partial charge is 0.340 e. The van der Waals surface area contributed by atoms with Crippen molar-refractivity contribution >= 4 is 5.97 Å². The maximum atomic E-state index is 12.6. The second kappa shape index (κ2) is 7.49. The maximum absolute atomic E-state index is 12.6. The fourth-order valence-electron chi connectivity index (χ4n) is 3.13. The van der Waals surface area contributed by atoms with Crippen molar-refractivity contribution in [3.05, 3.63) is 59.0 Å². The molecule has 0 spiro atoms. The number of aromatic hydroxyl groups is 1. The molecule has 3 rings (SSSR count). The standard InChI is InChI=1S/C20H21NO6/c1-4-26-20(23)18-17(11-5-8-14(24-2)16(9-11)25-3)13-7-6-12(22)10-15(13)27-19(18)21/h5-10,17,22H,4,21H2,1-3H3. The average molecular weight is 371 g/mol. The number of carbonyl (C=O) groups is 1. The van der Waals surface area contributed by atoms with E-state index in [0.29, 0.717) is 22.8 Å². The van der Waals surface area contributed by atoms with Gasteiger partial charge in [0.1, 0.15) is 17.1 Å². The van der Waals surface area contributed by atoms with E-state index >= 15 is 0 Å². The first-order chi connectivity index (χ1) is 13.0. The molecule has 0 amide bonds. The molecule has 7 heteroatoms. The number of methoxy groups -OCH3 is 2. The molecular weight excluding hydrogens is 350 g/mol. The molecule has 0 radical (unpaired) electrons. The van der Waals surface area contributed by atoms with Gasteiger partial charge in [-0.3, -0.25) is 0 Å². The first-order valence-corrected chi connectivity index (χ1v) is 8.39. The third-order valence-corrected chi connectivity index (χ3v) is 4.32. The van der Waals surface area contributed by atoms with Gasteiger partial charge in [-0.1, -0.05) is 12.1 Å². The van der Waals surface area contributed by atoms with Crippen molar-refractivity contribution in [1.29, 1.82) is 0 Å². The largest absolute Gasteiger partial charge is 0.508 e. The molecule has 0 aliphatic carbocycles. The lowest BCUT2D eigenvalue weighted by Gasteiger charge is -2.28. The molecule has 0 bridgehead atoms. The van der Waals surface area contributed by atoms with Crippen LogP contribution in [0.3, 0.4) is 0 Å². The molecule has 3 N–H and O–H groups in total. The maximum Gasteiger partial charge on any atom is 0.340 e. The molecule has 1 aliphatic heterocycles. The lowest BCUT2D eigenvalue weighted by molar-refractivity contribution is -0.139. The summed E-state index contributed by atoms with van der Waals surface area (Å²) in [6.07, 6.45) is 0. The number of carbonyl (C=O) groups excluding carboxylic acids is 1. The van der Waals surface area contributed by atoms with Gasteiger partial charge in [-0.05, 0) is 30.7 Å². The van der Waals surface area contributed by atoms with Gasteiger partial charge in [0.2, 0.25) is 5.88 Å². The number of benzene rings is 2. The molecule has 1 heterocycles. The number of fused-ring (bicyclic) bond motifs is 1. The molecule has 0 aromatic heterocycles. The number of esters is 1. The van der Waals surface area contributed by atoms with Gasteiger partial charge in [0.05, 0.1) is 26.7 Å². The second-order valence-corrected chi connectivity index (χ2v) is 5.87.